The van der Waals surface area contributed by atoms with Crippen molar-refractivity contribution in [3.63, 3.8) is 0 Å². The van der Waals surface area contributed by atoms with Gasteiger partial charge in [-0.3, -0.25) is 4.79 Å². The number of ether oxygens (including phenoxy) is 1. The summed E-state index contributed by atoms with van der Waals surface area (Å²) >= 11 is 0. The van der Waals surface area contributed by atoms with E-state index in [-0.39, 0.29) is 23.9 Å². The third kappa shape index (κ3) is 3.35. The molecule has 0 amide bonds. The molecule has 1 heterocycles. The van der Waals surface area contributed by atoms with Crippen LogP contribution in [0.4, 0.5) is 8.78 Å². The van der Waals surface area contributed by atoms with Crippen molar-refractivity contribution < 1.29 is 18.3 Å². The summed E-state index contributed by atoms with van der Waals surface area (Å²) in [5.74, 6) is -0.342. The van der Waals surface area contributed by atoms with Crippen LogP contribution in [0.3, 0.4) is 0 Å². The molecule has 20 heavy (non-hydrogen) atoms. The van der Waals surface area contributed by atoms with E-state index >= 15 is 0 Å². The Bertz CT molecular complexity index is 646. The quantitative estimate of drug-likeness (QED) is 0.776. The molecule has 2 aromatic rings. The first-order valence-corrected chi connectivity index (χ1v) is 5.46. The molecule has 0 atom stereocenters. The van der Waals surface area contributed by atoms with Crippen LogP contribution in [0.15, 0.2) is 30.6 Å². The molecule has 0 aliphatic heterocycles. The molecule has 0 bridgehead atoms. The van der Waals surface area contributed by atoms with Gasteiger partial charge in [-0.2, -0.15) is 14.0 Å². The molecule has 0 saturated carbocycles. The smallest absolute Gasteiger partial charge is 0.387 e. The van der Waals surface area contributed by atoms with E-state index in [0.717, 1.165) is 0 Å². The lowest BCUT2D eigenvalue weighted by Crippen LogP contribution is -2.11. The molecule has 102 valence electrons. The second kappa shape index (κ2) is 5.88. The van der Waals surface area contributed by atoms with Crippen molar-refractivity contribution in [1.82, 2.24) is 14.8 Å². The standard InChI is InChI=1S/C12H8F2N4O2/c13-12(14)20-9-3-1-8(2-4-9)10(19)6-18-7-16-11(5-15)17-18/h1-4,7,12H,6H2. The van der Waals surface area contributed by atoms with Crippen molar-refractivity contribution in [3.8, 4) is 11.8 Å². The van der Waals surface area contributed by atoms with Gasteiger partial charge in [0.15, 0.2) is 5.78 Å². The summed E-state index contributed by atoms with van der Waals surface area (Å²) in [5, 5.41) is 12.3. The number of hydrogen-bond acceptors (Lipinski definition) is 5. The molecule has 6 nitrogen and oxygen atoms in total. The third-order valence-corrected chi connectivity index (χ3v) is 2.34. The lowest BCUT2D eigenvalue weighted by Gasteiger charge is -2.05. The number of rotatable bonds is 5. The summed E-state index contributed by atoms with van der Waals surface area (Å²) < 4.78 is 29.3. The van der Waals surface area contributed by atoms with Gasteiger partial charge in [-0.05, 0) is 24.3 Å². The molecule has 8 heteroatoms. The van der Waals surface area contributed by atoms with E-state index in [2.05, 4.69) is 14.8 Å². The molecule has 2 rings (SSSR count). The zero-order chi connectivity index (χ0) is 14.5. The number of halogens is 2. The van der Waals surface area contributed by atoms with Gasteiger partial charge in [0.25, 0.3) is 5.82 Å². The molecular formula is C12H8F2N4O2. The highest BCUT2D eigenvalue weighted by molar-refractivity contribution is 5.95. The van der Waals surface area contributed by atoms with Gasteiger partial charge in [0.1, 0.15) is 24.7 Å². The zero-order valence-corrected chi connectivity index (χ0v) is 10.0. The first kappa shape index (κ1) is 13.6. The summed E-state index contributed by atoms with van der Waals surface area (Å²) in [6.45, 7) is -3.00. The summed E-state index contributed by atoms with van der Waals surface area (Å²) in [4.78, 5) is 15.5. The van der Waals surface area contributed by atoms with Gasteiger partial charge in [0, 0.05) is 5.56 Å². The summed E-state index contributed by atoms with van der Waals surface area (Å²) in [6.07, 6.45) is 1.27. The Labute approximate surface area is 112 Å². The van der Waals surface area contributed by atoms with Crippen LogP contribution in [0, 0.1) is 11.3 Å². The van der Waals surface area contributed by atoms with Crippen LogP contribution in [0.25, 0.3) is 0 Å². The third-order valence-electron chi connectivity index (χ3n) is 2.34. The first-order valence-electron chi connectivity index (χ1n) is 5.46. The maximum absolute atomic E-state index is 12.0. The van der Waals surface area contributed by atoms with E-state index in [9.17, 15) is 13.6 Å². The molecule has 0 fully saturated rings. The molecular weight excluding hydrogens is 270 g/mol. The van der Waals surface area contributed by atoms with Crippen molar-refractivity contribution >= 4 is 5.78 Å². The van der Waals surface area contributed by atoms with Gasteiger partial charge in [-0.25, -0.2) is 9.67 Å². The van der Waals surface area contributed by atoms with Crippen LogP contribution >= 0.6 is 0 Å². The highest BCUT2D eigenvalue weighted by Gasteiger charge is 2.10. The minimum Gasteiger partial charge on any atom is -0.435 e. The van der Waals surface area contributed by atoms with Crippen LogP contribution in [0.1, 0.15) is 16.2 Å². The molecule has 0 saturated heterocycles. The topological polar surface area (TPSA) is 80.8 Å². The number of benzene rings is 1. The Hall–Kier alpha value is -2.82. The average molecular weight is 278 g/mol. The minimum atomic E-state index is -2.91. The van der Waals surface area contributed by atoms with E-state index in [1.807, 2.05) is 0 Å². The largest absolute Gasteiger partial charge is 0.435 e. The maximum atomic E-state index is 12.0. The number of alkyl halides is 2. The van der Waals surface area contributed by atoms with Gasteiger partial charge in [0.2, 0.25) is 0 Å². The Morgan fingerprint density at radius 1 is 1.40 bits per heavy atom. The number of nitriles is 1. The van der Waals surface area contributed by atoms with Gasteiger partial charge < -0.3 is 4.74 Å². The monoisotopic (exact) mass is 278 g/mol. The molecule has 0 spiro atoms. The molecule has 0 aliphatic rings. The number of hydrogen-bond donors (Lipinski definition) is 0. The van der Waals surface area contributed by atoms with E-state index < -0.39 is 6.61 Å². The Morgan fingerprint density at radius 3 is 2.65 bits per heavy atom. The Morgan fingerprint density at radius 2 is 2.10 bits per heavy atom. The van der Waals surface area contributed by atoms with Gasteiger partial charge in [-0.1, -0.05) is 0 Å². The summed E-state index contributed by atoms with van der Waals surface area (Å²) in [6, 6.07) is 7.06. The number of aromatic nitrogens is 3. The van der Waals surface area contributed by atoms with Crippen LogP contribution in [-0.2, 0) is 6.54 Å². The summed E-state index contributed by atoms with van der Waals surface area (Å²) in [7, 11) is 0. The van der Waals surface area contributed by atoms with Crippen molar-refractivity contribution in [2.75, 3.05) is 0 Å². The number of Topliss-reactive ketones (excluding diaryl/α,β-unsaturated/α-hetero) is 1. The van der Waals surface area contributed by atoms with Crippen molar-refractivity contribution in [3.05, 3.63) is 42.0 Å². The van der Waals surface area contributed by atoms with Crippen LogP contribution < -0.4 is 4.74 Å². The van der Waals surface area contributed by atoms with Crippen molar-refractivity contribution in [1.29, 1.82) is 5.26 Å². The summed E-state index contributed by atoms with van der Waals surface area (Å²) in [5.41, 5.74) is 0.320. The van der Waals surface area contributed by atoms with Gasteiger partial charge in [0.05, 0.1) is 0 Å². The maximum Gasteiger partial charge on any atom is 0.387 e. The predicted octanol–water partition coefficient (Wildman–Crippen LogP) is 1.63. The van der Waals surface area contributed by atoms with Crippen molar-refractivity contribution in [2.45, 2.75) is 13.2 Å². The number of carbonyl (C=O) groups is 1. The van der Waals surface area contributed by atoms with Gasteiger partial charge >= 0.3 is 6.61 Å². The van der Waals surface area contributed by atoms with E-state index in [1.165, 1.54) is 35.3 Å². The SMILES string of the molecule is N#Cc1ncn(CC(=O)c2ccc(OC(F)F)cc2)n1. The average Bonchev–Trinajstić information content (AvgIpc) is 2.86. The fourth-order valence-corrected chi connectivity index (χ4v) is 1.48. The number of nitrogens with zero attached hydrogens (tertiary/aromatic N) is 4. The molecule has 0 radical (unpaired) electrons. The van der Waals surface area contributed by atoms with Crippen LogP contribution in [-0.4, -0.2) is 27.2 Å². The molecule has 1 aromatic heterocycles. The lowest BCUT2D eigenvalue weighted by atomic mass is 10.1. The molecule has 0 unspecified atom stereocenters. The minimum absolute atomic E-state index is 0.0240. The predicted molar refractivity (Wildman–Crippen MR) is 62.1 cm³/mol. The fraction of sp³-hybridized carbons (Fsp3) is 0.167. The zero-order valence-electron chi connectivity index (χ0n) is 10.0. The van der Waals surface area contributed by atoms with E-state index in [1.54, 1.807) is 6.07 Å². The fourth-order valence-electron chi connectivity index (χ4n) is 1.48. The normalized spacial score (nSPS) is 10.3. The van der Waals surface area contributed by atoms with Crippen LogP contribution in [0.2, 0.25) is 0 Å². The molecule has 1 aromatic carbocycles. The Balaban J connectivity index is 2.04. The second-order valence-corrected chi connectivity index (χ2v) is 3.70. The van der Waals surface area contributed by atoms with Crippen molar-refractivity contribution in [2.24, 2.45) is 0 Å². The number of ketones is 1. The molecule has 0 aliphatic carbocycles. The van der Waals surface area contributed by atoms with Gasteiger partial charge in [-0.15, -0.1) is 5.10 Å². The Kier molecular flexibility index (Phi) is 4.00. The van der Waals surface area contributed by atoms with E-state index in [4.69, 9.17) is 5.26 Å². The molecule has 0 N–H and O–H groups in total. The first-order chi connectivity index (χ1) is 9.58. The highest BCUT2D eigenvalue weighted by atomic mass is 19.3. The second-order valence-electron chi connectivity index (χ2n) is 3.70. The van der Waals surface area contributed by atoms with E-state index in [0.29, 0.717) is 5.56 Å². The van der Waals surface area contributed by atoms with Crippen LogP contribution in [0.5, 0.6) is 5.75 Å². The highest BCUT2D eigenvalue weighted by Crippen LogP contribution is 2.15. The number of carbonyl (C=O) groups excluding carboxylic acids is 1. The lowest BCUT2D eigenvalue weighted by molar-refractivity contribution is -0.0498.